The SMILES string of the molecule is CCC(C)C(=O)OCC(C)Br. The van der Waals surface area contributed by atoms with Crippen molar-refractivity contribution in [3.8, 4) is 0 Å². The fourth-order valence-electron chi connectivity index (χ4n) is 0.506. The first-order valence-corrected chi connectivity index (χ1v) is 4.80. The number of carbonyl (C=O) groups excluding carboxylic acids is 1. The Bertz CT molecular complexity index is 123. The van der Waals surface area contributed by atoms with Crippen molar-refractivity contribution < 1.29 is 9.53 Å². The van der Waals surface area contributed by atoms with Crippen molar-refractivity contribution in [3.63, 3.8) is 0 Å². The molecule has 0 saturated carbocycles. The normalized spacial score (nSPS) is 15.6. The predicted octanol–water partition coefficient (Wildman–Crippen LogP) is 2.36. The molecule has 0 bridgehead atoms. The lowest BCUT2D eigenvalue weighted by Crippen LogP contribution is -2.17. The number of hydrogen-bond acceptors (Lipinski definition) is 2. The largest absolute Gasteiger partial charge is 0.464 e. The number of halogens is 1. The number of hydrogen-bond donors (Lipinski definition) is 0. The molecule has 0 aromatic rings. The van der Waals surface area contributed by atoms with Crippen LogP contribution in [-0.2, 0) is 9.53 Å². The van der Waals surface area contributed by atoms with Gasteiger partial charge in [0, 0.05) is 4.83 Å². The molecule has 0 saturated heterocycles. The minimum atomic E-state index is -0.0983. The van der Waals surface area contributed by atoms with Crippen LogP contribution in [0.25, 0.3) is 0 Å². The van der Waals surface area contributed by atoms with E-state index < -0.39 is 0 Å². The Balaban J connectivity index is 3.52. The van der Waals surface area contributed by atoms with Crippen LogP contribution in [0.4, 0.5) is 0 Å². The van der Waals surface area contributed by atoms with Gasteiger partial charge in [-0.2, -0.15) is 0 Å². The van der Waals surface area contributed by atoms with E-state index in [-0.39, 0.29) is 16.7 Å². The van der Waals surface area contributed by atoms with Crippen molar-refractivity contribution in [2.24, 2.45) is 5.92 Å². The maximum atomic E-state index is 11.0. The minimum Gasteiger partial charge on any atom is -0.464 e. The van der Waals surface area contributed by atoms with Crippen LogP contribution in [-0.4, -0.2) is 17.4 Å². The molecule has 0 amide bonds. The molecular weight excluding hydrogens is 208 g/mol. The average Bonchev–Trinajstić information content (AvgIpc) is 1.98. The number of ether oxygens (including phenoxy) is 1. The number of carbonyl (C=O) groups is 1. The molecule has 0 radical (unpaired) electrons. The highest BCUT2D eigenvalue weighted by Crippen LogP contribution is 2.05. The fourth-order valence-corrected chi connectivity index (χ4v) is 0.638. The topological polar surface area (TPSA) is 26.3 Å². The van der Waals surface area contributed by atoms with Crippen LogP contribution in [0.1, 0.15) is 27.2 Å². The summed E-state index contributed by atoms with van der Waals surface area (Å²) < 4.78 is 4.97. The molecule has 3 heteroatoms. The summed E-state index contributed by atoms with van der Waals surface area (Å²) in [5, 5.41) is 0. The van der Waals surface area contributed by atoms with Gasteiger partial charge in [-0.1, -0.05) is 29.8 Å². The van der Waals surface area contributed by atoms with E-state index in [4.69, 9.17) is 4.74 Å². The lowest BCUT2D eigenvalue weighted by molar-refractivity contribution is -0.147. The summed E-state index contributed by atoms with van der Waals surface area (Å²) in [7, 11) is 0. The minimum absolute atomic E-state index is 0.0289. The van der Waals surface area contributed by atoms with E-state index >= 15 is 0 Å². The van der Waals surface area contributed by atoms with Crippen molar-refractivity contribution in [1.82, 2.24) is 0 Å². The Kier molecular flexibility index (Phi) is 5.56. The molecule has 66 valence electrons. The molecule has 0 aliphatic rings. The third-order valence-corrected chi connectivity index (χ3v) is 1.73. The summed E-state index contributed by atoms with van der Waals surface area (Å²) >= 11 is 3.30. The molecule has 2 unspecified atom stereocenters. The van der Waals surface area contributed by atoms with E-state index in [1.807, 2.05) is 20.8 Å². The molecule has 0 rings (SSSR count). The quantitative estimate of drug-likeness (QED) is 0.540. The van der Waals surface area contributed by atoms with Gasteiger partial charge in [0.2, 0.25) is 0 Å². The first kappa shape index (κ1) is 11.0. The summed E-state index contributed by atoms with van der Waals surface area (Å²) in [6.45, 7) is 6.26. The van der Waals surface area contributed by atoms with Gasteiger partial charge in [0.25, 0.3) is 0 Å². The van der Waals surface area contributed by atoms with Gasteiger partial charge in [-0.3, -0.25) is 4.79 Å². The third-order valence-electron chi connectivity index (χ3n) is 1.47. The van der Waals surface area contributed by atoms with Crippen LogP contribution in [0.2, 0.25) is 0 Å². The lowest BCUT2D eigenvalue weighted by Gasteiger charge is -2.09. The molecule has 0 aliphatic heterocycles. The van der Waals surface area contributed by atoms with Gasteiger partial charge in [0.1, 0.15) is 6.61 Å². The smallest absolute Gasteiger partial charge is 0.308 e. The third kappa shape index (κ3) is 5.24. The number of esters is 1. The second-order valence-electron chi connectivity index (χ2n) is 2.72. The summed E-state index contributed by atoms with van der Waals surface area (Å²) in [5.74, 6) is -0.0694. The van der Waals surface area contributed by atoms with Crippen LogP contribution in [0.15, 0.2) is 0 Å². The summed E-state index contributed by atoms with van der Waals surface area (Å²) in [6, 6.07) is 0. The van der Waals surface area contributed by atoms with Crippen LogP contribution in [0.5, 0.6) is 0 Å². The Morgan fingerprint density at radius 2 is 2.09 bits per heavy atom. The van der Waals surface area contributed by atoms with Crippen molar-refractivity contribution in [1.29, 1.82) is 0 Å². The van der Waals surface area contributed by atoms with E-state index in [0.29, 0.717) is 6.61 Å². The van der Waals surface area contributed by atoms with E-state index in [0.717, 1.165) is 6.42 Å². The van der Waals surface area contributed by atoms with E-state index in [9.17, 15) is 4.79 Å². The van der Waals surface area contributed by atoms with E-state index in [1.165, 1.54) is 0 Å². The highest BCUT2D eigenvalue weighted by Gasteiger charge is 2.11. The van der Waals surface area contributed by atoms with Crippen LogP contribution < -0.4 is 0 Å². The van der Waals surface area contributed by atoms with Gasteiger partial charge in [-0.25, -0.2) is 0 Å². The molecule has 0 heterocycles. The van der Waals surface area contributed by atoms with Gasteiger partial charge < -0.3 is 4.74 Å². The Hall–Kier alpha value is -0.0500. The van der Waals surface area contributed by atoms with Crippen molar-refractivity contribution in [2.75, 3.05) is 6.61 Å². The number of alkyl halides is 1. The summed E-state index contributed by atoms with van der Waals surface area (Å²) in [4.78, 5) is 11.3. The summed E-state index contributed by atoms with van der Waals surface area (Å²) in [5.41, 5.74) is 0. The highest BCUT2D eigenvalue weighted by atomic mass is 79.9. The zero-order valence-corrected chi connectivity index (χ0v) is 8.85. The van der Waals surface area contributed by atoms with E-state index in [2.05, 4.69) is 15.9 Å². The zero-order chi connectivity index (χ0) is 8.85. The van der Waals surface area contributed by atoms with E-state index in [1.54, 1.807) is 0 Å². The molecule has 0 aromatic heterocycles. The van der Waals surface area contributed by atoms with Gasteiger partial charge in [-0.15, -0.1) is 0 Å². The number of rotatable bonds is 4. The zero-order valence-electron chi connectivity index (χ0n) is 7.26. The fraction of sp³-hybridized carbons (Fsp3) is 0.875. The van der Waals surface area contributed by atoms with Crippen LogP contribution in [0, 0.1) is 5.92 Å². The van der Waals surface area contributed by atoms with Gasteiger partial charge in [-0.05, 0) is 13.3 Å². The first-order valence-electron chi connectivity index (χ1n) is 3.88. The van der Waals surface area contributed by atoms with Gasteiger partial charge in [0.15, 0.2) is 0 Å². The molecule has 0 aromatic carbocycles. The molecule has 0 fully saturated rings. The molecule has 0 N–H and O–H groups in total. The maximum Gasteiger partial charge on any atom is 0.308 e. The highest BCUT2D eigenvalue weighted by molar-refractivity contribution is 9.09. The van der Waals surface area contributed by atoms with Crippen molar-refractivity contribution >= 4 is 21.9 Å². The van der Waals surface area contributed by atoms with Gasteiger partial charge in [0.05, 0.1) is 5.92 Å². The van der Waals surface area contributed by atoms with Crippen molar-refractivity contribution in [2.45, 2.75) is 32.0 Å². The van der Waals surface area contributed by atoms with Crippen LogP contribution >= 0.6 is 15.9 Å². The molecule has 0 aliphatic carbocycles. The monoisotopic (exact) mass is 222 g/mol. The van der Waals surface area contributed by atoms with Crippen molar-refractivity contribution in [3.05, 3.63) is 0 Å². The van der Waals surface area contributed by atoms with Crippen LogP contribution in [0.3, 0.4) is 0 Å². The lowest BCUT2D eigenvalue weighted by atomic mass is 10.1. The standard InChI is InChI=1S/C8H15BrO2/c1-4-6(2)8(10)11-5-7(3)9/h6-7H,4-5H2,1-3H3. The molecule has 2 nitrogen and oxygen atoms in total. The Morgan fingerprint density at radius 1 is 1.55 bits per heavy atom. The Morgan fingerprint density at radius 3 is 2.45 bits per heavy atom. The molecule has 11 heavy (non-hydrogen) atoms. The average molecular weight is 223 g/mol. The second-order valence-corrected chi connectivity index (χ2v) is 4.28. The summed E-state index contributed by atoms with van der Waals surface area (Å²) in [6.07, 6.45) is 0.843. The molecular formula is C8H15BrO2. The molecule has 2 atom stereocenters. The molecule has 0 spiro atoms. The van der Waals surface area contributed by atoms with Gasteiger partial charge >= 0.3 is 5.97 Å². The maximum absolute atomic E-state index is 11.0. The predicted molar refractivity (Wildman–Crippen MR) is 48.8 cm³/mol. The second kappa shape index (κ2) is 5.58. The first-order chi connectivity index (χ1) is 5.07. The Labute approximate surface area is 76.4 Å².